The van der Waals surface area contributed by atoms with Crippen molar-refractivity contribution in [2.45, 2.75) is 31.3 Å². The monoisotopic (exact) mass is 243 g/mol. The first-order chi connectivity index (χ1) is 8.83. The van der Waals surface area contributed by atoms with Gasteiger partial charge >= 0.3 is 0 Å². The zero-order valence-electron chi connectivity index (χ0n) is 10.2. The Kier molecular flexibility index (Phi) is 2.98. The Morgan fingerprint density at radius 2 is 2.22 bits per heavy atom. The summed E-state index contributed by atoms with van der Waals surface area (Å²) in [4.78, 5) is 4.39. The van der Waals surface area contributed by atoms with Gasteiger partial charge in [-0.15, -0.1) is 0 Å². The molecule has 2 atom stereocenters. The molecule has 2 heterocycles. The lowest BCUT2D eigenvalue weighted by Gasteiger charge is -2.16. The van der Waals surface area contributed by atoms with Crippen molar-refractivity contribution >= 4 is 5.69 Å². The van der Waals surface area contributed by atoms with E-state index in [-0.39, 0.29) is 0 Å². The smallest absolute Gasteiger partial charge is 0.176 e. The Morgan fingerprint density at radius 3 is 2.94 bits per heavy atom. The van der Waals surface area contributed by atoms with Crippen LogP contribution in [0.3, 0.4) is 0 Å². The zero-order chi connectivity index (χ0) is 12.4. The van der Waals surface area contributed by atoms with Crippen LogP contribution in [0.15, 0.2) is 36.8 Å². The summed E-state index contributed by atoms with van der Waals surface area (Å²) >= 11 is 0. The van der Waals surface area contributed by atoms with E-state index in [0.29, 0.717) is 12.1 Å². The highest BCUT2D eigenvalue weighted by atomic mass is 15.3. The molecule has 1 fully saturated rings. The summed E-state index contributed by atoms with van der Waals surface area (Å²) in [6.07, 6.45) is 8.66. The van der Waals surface area contributed by atoms with Gasteiger partial charge in [-0.05, 0) is 37.5 Å². The van der Waals surface area contributed by atoms with Crippen molar-refractivity contribution in [2.24, 2.45) is 5.73 Å². The Morgan fingerprint density at radius 1 is 1.28 bits per heavy atom. The molecule has 0 aromatic carbocycles. The minimum absolute atomic E-state index is 0.326. The molecule has 1 saturated carbocycles. The van der Waals surface area contributed by atoms with Crippen LogP contribution < -0.4 is 11.1 Å². The Hall–Kier alpha value is -1.88. The maximum absolute atomic E-state index is 5.94. The predicted octanol–water partition coefficient (Wildman–Crippen LogP) is 1.56. The molecule has 2 unspecified atom stereocenters. The lowest BCUT2D eigenvalue weighted by atomic mass is 10.2. The number of pyridine rings is 1. The third-order valence-electron chi connectivity index (χ3n) is 3.34. The standard InChI is InChI=1S/C13H17N5/c14-10-4-5-11(9-10)17-12-3-1-6-15-13(12)18-8-2-7-16-18/h1-3,6-8,10-11,17H,4-5,9,14H2. The summed E-state index contributed by atoms with van der Waals surface area (Å²) in [7, 11) is 0. The van der Waals surface area contributed by atoms with Crippen molar-refractivity contribution in [3.8, 4) is 5.82 Å². The van der Waals surface area contributed by atoms with Crippen LogP contribution in [0.5, 0.6) is 0 Å². The fraction of sp³-hybridized carbons (Fsp3) is 0.385. The average Bonchev–Trinajstić information content (AvgIpc) is 3.02. The molecule has 5 nitrogen and oxygen atoms in total. The number of anilines is 1. The van der Waals surface area contributed by atoms with Gasteiger partial charge in [0.1, 0.15) is 0 Å². The number of hydrogen-bond acceptors (Lipinski definition) is 4. The van der Waals surface area contributed by atoms with Crippen LogP contribution in [0.1, 0.15) is 19.3 Å². The summed E-state index contributed by atoms with van der Waals surface area (Å²) in [6, 6.07) is 6.63. The third-order valence-corrected chi connectivity index (χ3v) is 3.34. The second-order valence-corrected chi connectivity index (χ2v) is 4.74. The SMILES string of the molecule is NC1CCC(Nc2cccnc2-n2cccn2)C1. The highest BCUT2D eigenvalue weighted by Crippen LogP contribution is 2.24. The molecule has 1 aliphatic carbocycles. The summed E-state index contributed by atoms with van der Waals surface area (Å²) in [5.74, 6) is 0.836. The predicted molar refractivity (Wildman–Crippen MR) is 70.6 cm³/mol. The van der Waals surface area contributed by atoms with Crippen molar-refractivity contribution in [2.75, 3.05) is 5.32 Å². The van der Waals surface area contributed by atoms with Crippen molar-refractivity contribution < 1.29 is 0 Å². The van der Waals surface area contributed by atoms with Gasteiger partial charge in [-0.25, -0.2) is 9.67 Å². The normalized spacial score (nSPS) is 23.2. The average molecular weight is 243 g/mol. The minimum atomic E-state index is 0.326. The number of nitrogens with zero attached hydrogens (tertiary/aromatic N) is 3. The first-order valence-corrected chi connectivity index (χ1v) is 6.30. The van der Waals surface area contributed by atoms with Crippen molar-refractivity contribution in [1.29, 1.82) is 0 Å². The Balaban J connectivity index is 1.84. The van der Waals surface area contributed by atoms with E-state index in [1.54, 1.807) is 17.1 Å². The number of hydrogen-bond donors (Lipinski definition) is 2. The fourth-order valence-corrected chi connectivity index (χ4v) is 2.45. The quantitative estimate of drug-likeness (QED) is 0.858. The zero-order valence-corrected chi connectivity index (χ0v) is 10.2. The highest BCUT2D eigenvalue weighted by Gasteiger charge is 2.22. The fourth-order valence-electron chi connectivity index (χ4n) is 2.45. The van der Waals surface area contributed by atoms with E-state index in [9.17, 15) is 0 Å². The number of rotatable bonds is 3. The highest BCUT2D eigenvalue weighted by molar-refractivity contribution is 5.56. The van der Waals surface area contributed by atoms with Gasteiger partial charge in [0.15, 0.2) is 5.82 Å². The van der Waals surface area contributed by atoms with Gasteiger partial charge in [-0.3, -0.25) is 0 Å². The molecule has 0 saturated heterocycles. The Labute approximate surface area is 106 Å². The van der Waals surface area contributed by atoms with Gasteiger partial charge in [-0.2, -0.15) is 5.10 Å². The maximum atomic E-state index is 5.94. The molecule has 0 aliphatic heterocycles. The molecule has 18 heavy (non-hydrogen) atoms. The van der Waals surface area contributed by atoms with E-state index in [0.717, 1.165) is 30.8 Å². The topological polar surface area (TPSA) is 68.8 Å². The van der Waals surface area contributed by atoms with E-state index in [1.165, 1.54) is 0 Å². The number of nitrogens with one attached hydrogen (secondary N) is 1. The van der Waals surface area contributed by atoms with Gasteiger partial charge in [0, 0.05) is 30.7 Å². The molecule has 5 heteroatoms. The summed E-state index contributed by atoms with van der Waals surface area (Å²) in [6.45, 7) is 0. The van der Waals surface area contributed by atoms with Gasteiger partial charge in [0.2, 0.25) is 0 Å². The van der Waals surface area contributed by atoms with Crippen LogP contribution in [-0.2, 0) is 0 Å². The van der Waals surface area contributed by atoms with E-state index in [4.69, 9.17) is 5.73 Å². The van der Waals surface area contributed by atoms with Crippen molar-refractivity contribution in [3.63, 3.8) is 0 Å². The molecule has 3 N–H and O–H groups in total. The Bertz CT molecular complexity index is 508. The van der Waals surface area contributed by atoms with Crippen LogP contribution in [0, 0.1) is 0 Å². The lowest BCUT2D eigenvalue weighted by molar-refractivity contribution is 0.687. The van der Waals surface area contributed by atoms with E-state index in [1.807, 2.05) is 24.4 Å². The van der Waals surface area contributed by atoms with Gasteiger partial charge in [0.05, 0.1) is 5.69 Å². The molecule has 1 aliphatic rings. The van der Waals surface area contributed by atoms with Crippen LogP contribution in [0.2, 0.25) is 0 Å². The van der Waals surface area contributed by atoms with Gasteiger partial charge in [0.25, 0.3) is 0 Å². The second-order valence-electron chi connectivity index (χ2n) is 4.74. The van der Waals surface area contributed by atoms with Crippen molar-refractivity contribution in [1.82, 2.24) is 14.8 Å². The van der Waals surface area contributed by atoms with Crippen LogP contribution >= 0.6 is 0 Å². The first kappa shape index (κ1) is 11.2. The van der Waals surface area contributed by atoms with E-state index >= 15 is 0 Å². The molecule has 0 radical (unpaired) electrons. The second kappa shape index (κ2) is 4.78. The molecule has 0 bridgehead atoms. The summed E-state index contributed by atoms with van der Waals surface area (Å²) in [5.41, 5.74) is 6.95. The molecule has 2 aromatic heterocycles. The lowest BCUT2D eigenvalue weighted by Crippen LogP contribution is -2.21. The minimum Gasteiger partial charge on any atom is -0.379 e. The third kappa shape index (κ3) is 2.22. The molecule has 94 valence electrons. The van der Waals surface area contributed by atoms with Crippen LogP contribution in [-0.4, -0.2) is 26.8 Å². The number of nitrogens with two attached hydrogens (primary N) is 1. The molecule has 0 amide bonds. The van der Waals surface area contributed by atoms with E-state index in [2.05, 4.69) is 15.4 Å². The largest absolute Gasteiger partial charge is 0.379 e. The van der Waals surface area contributed by atoms with E-state index < -0.39 is 0 Å². The molecule has 2 aromatic rings. The molecular weight excluding hydrogens is 226 g/mol. The maximum Gasteiger partial charge on any atom is 0.176 e. The van der Waals surface area contributed by atoms with Gasteiger partial charge < -0.3 is 11.1 Å². The number of aromatic nitrogens is 3. The van der Waals surface area contributed by atoms with Gasteiger partial charge in [-0.1, -0.05) is 0 Å². The van der Waals surface area contributed by atoms with Crippen LogP contribution in [0.4, 0.5) is 5.69 Å². The van der Waals surface area contributed by atoms with Crippen molar-refractivity contribution in [3.05, 3.63) is 36.8 Å². The summed E-state index contributed by atoms with van der Waals surface area (Å²) < 4.78 is 1.78. The summed E-state index contributed by atoms with van der Waals surface area (Å²) in [5, 5.41) is 7.75. The molecule has 0 spiro atoms. The molecule has 3 rings (SSSR count). The first-order valence-electron chi connectivity index (χ1n) is 6.30. The van der Waals surface area contributed by atoms with Crippen LogP contribution in [0.25, 0.3) is 5.82 Å². The molecular formula is C13H17N5.